The minimum absolute atomic E-state index is 0.149. The van der Waals surface area contributed by atoms with Crippen molar-refractivity contribution in [1.29, 1.82) is 0 Å². The molecule has 0 spiro atoms. The summed E-state index contributed by atoms with van der Waals surface area (Å²) >= 11 is 0.149. The van der Waals surface area contributed by atoms with Crippen molar-refractivity contribution in [3.05, 3.63) is 12.2 Å². The molecule has 0 rings (SSSR count). The maximum absolute atomic E-state index is 10.2. The first-order valence-corrected chi connectivity index (χ1v) is 15.9. The molecule has 3 N–H and O–H groups in total. The van der Waals surface area contributed by atoms with Gasteiger partial charge >= 0.3 is 87.5 Å². The van der Waals surface area contributed by atoms with Gasteiger partial charge in [-0.15, -0.1) is 0 Å². The predicted octanol–water partition coefficient (Wildman–Crippen LogP) is 6.83. The number of carboxylic acids is 3. The molecule has 0 aromatic rings. The van der Waals surface area contributed by atoms with Crippen LogP contribution in [0.5, 0.6) is 0 Å². The largest absolute Gasteiger partial charge is 0.478 e. The first kappa shape index (κ1) is 34.6. The third-order valence-corrected chi connectivity index (χ3v) is 8.31. The molecule has 0 unspecified atom stereocenters. The summed E-state index contributed by atoms with van der Waals surface area (Å²) in [6.07, 6.45) is 18.4. The Kier molecular flexibility index (Phi) is 34.7. The molecule has 0 bridgehead atoms. The molecule has 0 saturated carbocycles. The van der Waals surface area contributed by atoms with Crippen molar-refractivity contribution in [2.75, 3.05) is 0 Å². The van der Waals surface area contributed by atoms with E-state index in [0.717, 1.165) is 12.8 Å². The Bertz CT molecular complexity index is 416. The van der Waals surface area contributed by atoms with Crippen LogP contribution in [0.15, 0.2) is 12.2 Å². The van der Waals surface area contributed by atoms with Gasteiger partial charge in [-0.05, 0) is 6.42 Å². The van der Waals surface area contributed by atoms with Gasteiger partial charge in [0.2, 0.25) is 0 Å². The van der Waals surface area contributed by atoms with Crippen LogP contribution >= 0.6 is 0 Å². The third-order valence-electron chi connectivity index (χ3n) is 4.28. The normalized spacial score (nSPS) is 10.0. The molecular formula is C24H46O6Sn. The third kappa shape index (κ3) is 47.9. The van der Waals surface area contributed by atoms with Gasteiger partial charge in [-0.25, -0.2) is 9.59 Å². The molecule has 0 fully saturated rings. The van der Waals surface area contributed by atoms with Gasteiger partial charge in [-0.3, -0.25) is 4.79 Å². The smallest absolute Gasteiger partial charge is 0.328 e. The minimum atomic E-state index is -1.26. The average Bonchev–Trinajstić information content (AvgIpc) is 2.72. The van der Waals surface area contributed by atoms with Crippen molar-refractivity contribution >= 4 is 39.1 Å². The number of hydrogen-bond donors (Lipinski definition) is 3. The van der Waals surface area contributed by atoms with E-state index in [9.17, 15) is 14.4 Å². The number of carboxylic acid groups (broad SMARTS) is 3. The molecule has 0 atom stereocenters. The van der Waals surface area contributed by atoms with E-state index in [1.165, 1.54) is 70.6 Å². The second kappa shape index (κ2) is 31.1. The molecule has 0 aromatic carbocycles. The Morgan fingerprint density at radius 1 is 0.581 bits per heavy atom. The van der Waals surface area contributed by atoms with Crippen molar-refractivity contribution < 1.29 is 29.7 Å². The fourth-order valence-corrected chi connectivity index (χ4v) is 6.62. The van der Waals surface area contributed by atoms with Gasteiger partial charge in [0.1, 0.15) is 0 Å². The summed E-state index contributed by atoms with van der Waals surface area (Å²) in [6.45, 7) is 6.81. The first-order chi connectivity index (χ1) is 14.8. The number of aliphatic carboxylic acids is 3. The number of carbonyl (C=O) groups is 3. The number of rotatable bonds is 18. The van der Waals surface area contributed by atoms with E-state index in [1.807, 2.05) is 0 Å². The van der Waals surface area contributed by atoms with E-state index in [2.05, 4.69) is 20.8 Å². The van der Waals surface area contributed by atoms with Crippen LogP contribution in [-0.4, -0.2) is 54.4 Å². The monoisotopic (exact) mass is 550 g/mol. The Labute approximate surface area is 200 Å². The Morgan fingerprint density at radius 2 is 0.935 bits per heavy atom. The van der Waals surface area contributed by atoms with Crippen molar-refractivity contribution in [2.24, 2.45) is 0 Å². The zero-order valence-electron chi connectivity index (χ0n) is 20.0. The van der Waals surface area contributed by atoms with E-state index in [4.69, 9.17) is 15.3 Å². The Morgan fingerprint density at radius 3 is 1.26 bits per heavy atom. The van der Waals surface area contributed by atoms with Gasteiger partial charge in [0.25, 0.3) is 0 Å². The maximum Gasteiger partial charge on any atom is 0.328 e. The predicted molar refractivity (Wildman–Crippen MR) is 129 cm³/mol. The van der Waals surface area contributed by atoms with Crippen molar-refractivity contribution in [2.45, 2.75) is 120 Å². The molecule has 31 heavy (non-hydrogen) atoms. The summed E-state index contributed by atoms with van der Waals surface area (Å²) < 4.78 is 3.25. The van der Waals surface area contributed by atoms with E-state index in [-0.39, 0.29) is 21.1 Å². The van der Waals surface area contributed by atoms with Crippen molar-refractivity contribution in [3.8, 4) is 0 Å². The van der Waals surface area contributed by atoms with E-state index < -0.39 is 17.9 Å². The van der Waals surface area contributed by atoms with Crippen LogP contribution in [0.1, 0.15) is 111 Å². The average molecular weight is 549 g/mol. The molecule has 2 radical (unpaired) electrons. The molecule has 0 aliphatic rings. The molecular weight excluding hydrogens is 503 g/mol. The summed E-state index contributed by atoms with van der Waals surface area (Å²) in [7, 11) is 0. The van der Waals surface area contributed by atoms with E-state index in [1.54, 1.807) is 8.87 Å². The standard InChI is InChI=1S/C12H24O2.C4H4O4.2C4H9.Sn/c1-2-3-4-5-6-7-8-9-10-11-12(13)14;5-3(6)1-2-4(7)8;2*1-3-4-2;/h2-11H2,1H3,(H,13,14);1-2H,(H,5,6)(H,7,8);2*1,3-4H2,2H3;/b;2-1-;;;. The van der Waals surface area contributed by atoms with Crippen LogP contribution in [0.25, 0.3) is 0 Å². The number of unbranched alkanes of at least 4 members (excludes halogenated alkanes) is 10. The fraction of sp³-hybridized carbons (Fsp3) is 0.792. The van der Waals surface area contributed by atoms with E-state index in [0.29, 0.717) is 18.6 Å². The van der Waals surface area contributed by atoms with Gasteiger partial charge < -0.3 is 15.3 Å². The summed E-state index contributed by atoms with van der Waals surface area (Å²) in [6, 6.07) is 0. The summed E-state index contributed by atoms with van der Waals surface area (Å²) in [4.78, 5) is 29.3. The minimum Gasteiger partial charge on any atom is -0.478 e. The zero-order chi connectivity index (χ0) is 24.2. The molecule has 0 aliphatic carbocycles. The van der Waals surface area contributed by atoms with Crippen LogP contribution in [0.4, 0.5) is 0 Å². The molecule has 0 amide bonds. The molecule has 6 nitrogen and oxygen atoms in total. The SMILES string of the molecule is CCCCCCCCCCCC(=O)O.CCC[CH2][Sn][CH2]CCC.O=C(O)/C=C\C(=O)O. The van der Waals surface area contributed by atoms with Gasteiger partial charge in [-0.1, -0.05) is 58.3 Å². The molecule has 7 heteroatoms. The second-order valence-electron chi connectivity index (χ2n) is 7.44. The second-order valence-corrected chi connectivity index (χ2v) is 11.7. The van der Waals surface area contributed by atoms with Gasteiger partial charge in [-0.2, -0.15) is 0 Å². The molecule has 0 saturated heterocycles. The Hall–Kier alpha value is -1.05. The van der Waals surface area contributed by atoms with Gasteiger partial charge in [0, 0.05) is 18.6 Å². The van der Waals surface area contributed by atoms with E-state index >= 15 is 0 Å². The molecule has 0 heterocycles. The Balaban J connectivity index is -0.000000401. The molecule has 0 aromatic heterocycles. The van der Waals surface area contributed by atoms with Crippen LogP contribution in [0, 0.1) is 0 Å². The van der Waals surface area contributed by atoms with Crippen LogP contribution in [-0.2, 0) is 14.4 Å². The summed E-state index contributed by atoms with van der Waals surface area (Å²) in [5, 5.41) is 24.0. The first-order valence-electron chi connectivity index (χ1n) is 11.9. The molecule has 0 aliphatic heterocycles. The topological polar surface area (TPSA) is 112 Å². The van der Waals surface area contributed by atoms with Crippen molar-refractivity contribution in [1.82, 2.24) is 0 Å². The maximum atomic E-state index is 10.2. The number of hydrogen-bond acceptors (Lipinski definition) is 3. The van der Waals surface area contributed by atoms with Crippen molar-refractivity contribution in [3.63, 3.8) is 0 Å². The zero-order valence-corrected chi connectivity index (χ0v) is 22.9. The van der Waals surface area contributed by atoms with Gasteiger partial charge in [0.15, 0.2) is 0 Å². The van der Waals surface area contributed by atoms with Crippen LogP contribution in [0.2, 0.25) is 8.87 Å². The summed E-state index contributed by atoms with van der Waals surface area (Å²) in [5.74, 6) is -3.17. The quantitative estimate of drug-likeness (QED) is 0.0982. The summed E-state index contributed by atoms with van der Waals surface area (Å²) in [5.41, 5.74) is 0. The van der Waals surface area contributed by atoms with Crippen LogP contribution < -0.4 is 0 Å². The fourth-order valence-electron chi connectivity index (χ4n) is 2.46. The van der Waals surface area contributed by atoms with Gasteiger partial charge in [0.05, 0.1) is 0 Å². The van der Waals surface area contributed by atoms with Crippen LogP contribution in [0.3, 0.4) is 0 Å². The molecule has 182 valence electrons.